The smallest absolute Gasteiger partial charge is 0.160 e. The molecule has 0 N–H and O–H groups in total. The highest BCUT2D eigenvalue weighted by Gasteiger charge is 2.12. The van der Waals surface area contributed by atoms with Crippen LogP contribution in [0.15, 0.2) is 76.9 Å². The minimum absolute atomic E-state index is 0.0344. The van der Waals surface area contributed by atoms with Crippen molar-refractivity contribution >= 4 is 17.6 Å². The van der Waals surface area contributed by atoms with Gasteiger partial charge in [-0.15, -0.1) is 0 Å². The van der Waals surface area contributed by atoms with Crippen LogP contribution in [-0.4, -0.2) is 42.6 Å². The number of nitrogens with zero attached hydrogens (tertiary/aromatic N) is 2. The van der Waals surface area contributed by atoms with Gasteiger partial charge in [0.25, 0.3) is 0 Å². The third kappa shape index (κ3) is 8.53. The summed E-state index contributed by atoms with van der Waals surface area (Å²) in [5.74, 6) is 0.0344. The number of benzene rings is 1. The van der Waals surface area contributed by atoms with E-state index in [1.54, 1.807) is 13.0 Å². The van der Waals surface area contributed by atoms with Crippen LogP contribution >= 0.6 is 0 Å². The quantitative estimate of drug-likeness (QED) is 0.190. The van der Waals surface area contributed by atoms with Gasteiger partial charge in [-0.1, -0.05) is 55.2 Å². The number of carbonyl (C=O) groups is 1. The summed E-state index contributed by atoms with van der Waals surface area (Å²) in [5.41, 5.74) is 7.14. The Kier molecular flexibility index (Phi) is 11.7. The zero-order valence-electron chi connectivity index (χ0n) is 21.9. The maximum atomic E-state index is 12.6. The van der Waals surface area contributed by atoms with E-state index >= 15 is 0 Å². The number of ketones is 1. The Hall–Kier alpha value is -2.78. The number of aliphatic imine (C=N–C) groups is 1. The fourth-order valence-corrected chi connectivity index (χ4v) is 4.43. The van der Waals surface area contributed by atoms with Gasteiger partial charge in [-0.05, 0) is 114 Å². The molecule has 1 fully saturated rings. The van der Waals surface area contributed by atoms with E-state index in [1.807, 2.05) is 45.1 Å². The second-order valence-corrected chi connectivity index (χ2v) is 9.00. The van der Waals surface area contributed by atoms with Crippen molar-refractivity contribution in [1.29, 1.82) is 0 Å². The molecule has 0 atom stereocenters. The number of Topliss-reactive ketones (excluding diaryl/α,β-unsaturated/α-hetero) is 1. The molecule has 3 nitrogen and oxygen atoms in total. The summed E-state index contributed by atoms with van der Waals surface area (Å²) < 4.78 is 0. The Morgan fingerprint density at radius 2 is 1.94 bits per heavy atom. The van der Waals surface area contributed by atoms with Gasteiger partial charge in [-0.2, -0.15) is 0 Å². The number of likely N-dealkylation sites (tertiary alicyclic amines) is 1. The first kappa shape index (κ1) is 27.5. The molecular formula is C31H42N2O. The highest BCUT2D eigenvalue weighted by Crippen LogP contribution is 2.21. The van der Waals surface area contributed by atoms with Gasteiger partial charge in [-0.3, -0.25) is 9.79 Å². The fraction of sp³-hybridized carbons (Fsp3) is 0.419. The third-order valence-corrected chi connectivity index (χ3v) is 6.20. The molecule has 34 heavy (non-hydrogen) atoms. The van der Waals surface area contributed by atoms with Crippen molar-refractivity contribution in [3.63, 3.8) is 0 Å². The van der Waals surface area contributed by atoms with E-state index < -0.39 is 0 Å². The number of allylic oxidation sites excluding steroid dienone is 8. The minimum atomic E-state index is 0.0344. The molecule has 3 heteroatoms. The highest BCUT2D eigenvalue weighted by molar-refractivity contribution is 6.15. The van der Waals surface area contributed by atoms with Crippen molar-refractivity contribution in [1.82, 2.24) is 4.90 Å². The summed E-state index contributed by atoms with van der Waals surface area (Å²) >= 11 is 0. The second-order valence-electron chi connectivity index (χ2n) is 9.00. The first-order valence-electron chi connectivity index (χ1n) is 12.6. The molecule has 0 amide bonds. The van der Waals surface area contributed by atoms with Crippen LogP contribution in [0.2, 0.25) is 0 Å². The first-order valence-corrected chi connectivity index (χ1v) is 12.6. The van der Waals surface area contributed by atoms with E-state index in [-0.39, 0.29) is 5.78 Å². The summed E-state index contributed by atoms with van der Waals surface area (Å²) in [6, 6.07) is 6.71. The number of hydrogen-bond donors (Lipinski definition) is 0. The summed E-state index contributed by atoms with van der Waals surface area (Å²) in [7, 11) is 0. The average molecular weight is 459 g/mol. The lowest BCUT2D eigenvalue weighted by Gasteiger charge is -2.14. The van der Waals surface area contributed by atoms with Crippen molar-refractivity contribution in [2.75, 3.05) is 26.2 Å². The van der Waals surface area contributed by atoms with Gasteiger partial charge < -0.3 is 4.90 Å². The number of carbonyl (C=O) groups excluding carboxylic acids is 1. The average Bonchev–Trinajstić information content (AvgIpc) is 3.31. The van der Waals surface area contributed by atoms with Gasteiger partial charge in [0.1, 0.15) is 0 Å². The Labute approximate surface area is 207 Å². The molecule has 0 radical (unpaired) electrons. The fourth-order valence-electron chi connectivity index (χ4n) is 4.43. The van der Waals surface area contributed by atoms with Gasteiger partial charge in [-0.25, -0.2) is 0 Å². The van der Waals surface area contributed by atoms with E-state index in [0.717, 1.165) is 28.8 Å². The van der Waals surface area contributed by atoms with Crippen LogP contribution in [0.1, 0.15) is 63.6 Å². The third-order valence-electron chi connectivity index (χ3n) is 6.20. The van der Waals surface area contributed by atoms with Crippen LogP contribution in [0.4, 0.5) is 0 Å². The van der Waals surface area contributed by atoms with Crippen molar-refractivity contribution in [3.8, 4) is 0 Å². The zero-order valence-corrected chi connectivity index (χ0v) is 21.9. The Morgan fingerprint density at radius 1 is 1.21 bits per heavy atom. The molecule has 1 aliphatic rings. The Balaban J connectivity index is 2.25. The van der Waals surface area contributed by atoms with Crippen LogP contribution in [-0.2, 0) is 11.2 Å². The van der Waals surface area contributed by atoms with E-state index in [0.29, 0.717) is 12.1 Å². The lowest BCUT2D eigenvalue weighted by atomic mass is 9.95. The predicted octanol–water partition coefficient (Wildman–Crippen LogP) is 7.09. The lowest BCUT2D eigenvalue weighted by molar-refractivity contribution is -0.113. The Bertz CT molecular complexity index is 998. The lowest BCUT2D eigenvalue weighted by Crippen LogP contribution is -2.20. The topological polar surface area (TPSA) is 32.7 Å². The van der Waals surface area contributed by atoms with Gasteiger partial charge in [0.05, 0.1) is 5.71 Å². The number of rotatable bonds is 12. The molecule has 1 aromatic rings. The predicted molar refractivity (Wildman–Crippen MR) is 149 cm³/mol. The molecule has 2 rings (SSSR count). The molecule has 1 saturated heterocycles. The monoisotopic (exact) mass is 458 g/mol. The van der Waals surface area contributed by atoms with Gasteiger partial charge in [0.2, 0.25) is 0 Å². The molecule has 1 aromatic carbocycles. The van der Waals surface area contributed by atoms with Crippen molar-refractivity contribution < 1.29 is 4.79 Å². The standard InChI is InChI=1S/C31H42N2O/c1-7-13-28(14-8-2)31(32-9-3)23-30(26(6)34)25(5)22-29-17-16-27(21-24(29)4)15-12-20-33-18-10-11-19-33/h7-8,13-14,16-17,21-23H,1,9-12,15,18-20H2,2-6H3/b14-8-,25-22+,28-13+,30-23-,32-31?. The molecule has 0 bridgehead atoms. The highest BCUT2D eigenvalue weighted by atomic mass is 16.1. The normalized spacial score (nSPS) is 16.5. The number of hydrogen-bond acceptors (Lipinski definition) is 3. The van der Waals surface area contributed by atoms with Gasteiger partial charge in [0, 0.05) is 12.1 Å². The number of aryl methyl sites for hydroxylation is 2. The minimum Gasteiger partial charge on any atom is -0.303 e. The molecule has 1 heterocycles. The molecule has 0 spiro atoms. The summed E-state index contributed by atoms with van der Waals surface area (Å²) in [4.78, 5) is 19.8. The van der Waals surface area contributed by atoms with Crippen LogP contribution < -0.4 is 0 Å². The molecule has 0 unspecified atom stereocenters. The van der Waals surface area contributed by atoms with Crippen LogP contribution in [0.3, 0.4) is 0 Å². The van der Waals surface area contributed by atoms with Gasteiger partial charge >= 0.3 is 0 Å². The summed E-state index contributed by atoms with van der Waals surface area (Å²) in [6.07, 6.45) is 16.7. The Morgan fingerprint density at radius 3 is 2.53 bits per heavy atom. The van der Waals surface area contributed by atoms with Crippen molar-refractivity contribution in [2.24, 2.45) is 4.99 Å². The van der Waals surface area contributed by atoms with E-state index in [4.69, 9.17) is 0 Å². The van der Waals surface area contributed by atoms with Crippen LogP contribution in [0.25, 0.3) is 6.08 Å². The van der Waals surface area contributed by atoms with Gasteiger partial charge in [0.15, 0.2) is 5.78 Å². The van der Waals surface area contributed by atoms with E-state index in [2.05, 4.69) is 47.7 Å². The maximum Gasteiger partial charge on any atom is 0.160 e. The first-order chi connectivity index (χ1) is 16.4. The largest absolute Gasteiger partial charge is 0.303 e. The van der Waals surface area contributed by atoms with Crippen molar-refractivity contribution in [3.05, 3.63) is 88.6 Å². The molecular weight excluding hydrogens is 416 g/mol. The molecule has 1 aliphatic heterocycles. The van der Waals surface area contributed by atoms with E-state index in [1.165, 1.54) is 50.0 Å². The molecule has 0 aliphatic carbocycles. The zero-order chi connectivity index (χ0) is 24.9. The van der Waals surface area contributed by atoms with Crippen LogP contribution in [0.5, 0.6) is 0 Å². The molecule has 0 aromatic heterocycles. The van der Waals surface area contributed by atoms with E-state index in [9.17, 15) is 4.79 Å². The summed E-state index contributed by atoms with van der Waals surface area (Å²) in [5, 5.41) is 0. The molecule has 182 valence electrons. The van der Waals surface area contributed by atoms with Crippen molar-refractivity contribution in [2.45, 2.75) is 60.3 Å². The van der Waals surface area contributed by atoms with Crippen LogP contribution in [0, 0.1) is 6.92 Å². The maximum absolute atomic E-state index is 12.6. The SMILES string of the molecule is C=C/C=C(\C=C/C)C(/C=C(C(C)=O)/C(C)=C/c1ccc(CCCN2CCCC2)cc1C)=NCC. The second kappa shape index (κ2) is 14.5. The summed E-state index contributed by atoms with van der Waals surface area (Å²) in [6.45, 7) is 17.9. The molecule has 0 saturated carbocycles.